The van der Waals surface area contributed by atoms with Gasteiger partial charge in [-0.3, -0.25) is 4.79 Å². The first-order valence-corrected chi connectivity index (χ1v) is 10.5. The van der Waals surface area contributed by atoms with Crippen molar-refractivity contribution in [2.24, 2.45) is 5.92 Å². The lowest BCUT2D eigenvalue weighted by Gasteiger charge is -2.26. The maximum Gasteiger partial charge on any atom is 0.251 e. The number of hydrogen-bond acceptors (Lipinski definition) is 4. The number of carbonyl (C=O) groups excluding carboxylic acids is 1. The summed E-state index contributed by atoms with van der Waals surface area (Å²) in [6.45, 7) is 2.17. The van der Waals surface area contributed by atoms with E-state index in [0.717, 1.165) is 12.8 Å². The zero-order valence-corrected chi connectivity index (χ0v) is 15.3. The van der Waals surface area contributed by atoms with Gasteiger partial charge >= 0.3 is 0 Å². The van der Waals surface area contributed by atoms with Crippen molar-refractivity contribution >= 4 is 15.9 Å². The average Bonchev–Trinajstić information content (AvgIpc) is 2.67. The third kappa shape index (κ3) is 4.59. The summed E-state index contributed by atoms with van der Waals surface area (Å²) in [5, 5.41) is 2.96. The number of morpholine rings is 1. The van der Waals surface area contributed by atoms with Gasteiger partial charge in [0.15, 0.2) is 0 Å². The molecule has 1 aliphatic heterocycles. The molecule has 25 heavy (non-hydrogen) atoms. The third-order valence-corrected chi connectivity index (χ3v) is 6.87. The molecule has 1 saturated carbocycles. The van der Waals surface area contributed by atoms with Gasteiger partial charge in [0.2, 0.25) is 10.0 Å². The van der Waals surface area contributed by atoms with Crippen LogP contribution in [0.4, 0.5) is 0 Å². The van der Waals surface area contributed by atoms with Gasteiger partial charge < -0.3 is 10.1 Å². The van der Waals surface area contributed by atoms with Crippen LogP contribution in [0.15, 0.2) is 29.2 Å². The molecule has 1 N–H and O–H groups in total. The number of sulfonamides is 1. The molecule has 1 aromatic rings. The monoisotopic (exact) mass is 366 g/mol. The molecule has 1 amide bonds. The van der Waals surface area contributed by atoms with Crippen LogP contribution in [0, 0.1) is 5.92 Å². The number of hydrogen-bond donors (Lipinski definition) is 1. The Kier molecular flexibility index (Phi) is 6.09. The number of rotatable bonds is 5. The molecule has 1 heterocycles. The fraction of sp³-hybridized carbons (Fsp3) is 0.611. The first-order valence-electron chi connectivity index (χ1n) is 9.03. The Bertz CT molecular complexity index is 693. The van der Waals surface area contributed by atoms with Gasteiger partial charge in [-0.25, -0.2) is 8.42 Å². The molecular weight excluding hydrogens is 340 g/mol. The van der Waals surface area contributed by atoms with Gasteiger partial charge in [-0.05, 0) is 37.0 Å². The Hall–Kier alpha value is -1.44. The lowest BCUT2D eigenvalue weighted by atomic mass is 9.89. The first-order chi connectivity index (χ1) is 12.1. The largest absolute Gasteiger partial charge is 0.379 e. The van der Waals surface area contributed by atoms with Crippen LogP contribution in [0.5, 0.6) is 0 Å². The van der Waals surface area contributed by atoms with Crippen LogP contribution < -0.4 is 5.32 Å². The van der Waals surface area contributed by atoms with Gasteiger partial charge in [-0.1, -0.05) is 25.3 Å². The minimum atomic E-state index is -3.58. The SMILES string of the molecule is O=C(NCC1CCCCC1)c1cccc(S(=O)(=O)N2CCOCC2)c1. The van der Waals surface area contributed by atoms with Crippen molar-refractivity contribution in [1.82, 2.24) is 9.62 Å². The summed E-state index contributed by atoms with van der Waals surface area (Å²) in [5.74, 6) is 0.336. The van der Waals surface area contributed by atoms with Gasteiger partial charge in [-0.15, -0.1) is 0 Å². The topological polar surface area (TPSA) is 75.7 Å². The van der Waals surface area contributed by atoms with Crippen LogP contribution in [-0.2, 0) is 14.8 Å². The van der Waals surface area contributed by atoms with Crippen LogP contribution in [0.25, 0.3) is 0 Å². The number of amides is 1. The van der Waals surface area contributed by atoms with Crippen molar-refractivity contribution in [3.05, 3.63) is 29.8 Å². The second-order valence-corrected chi connectivity index (χ2v) is 8.70. The number of nitrogens with zero attached hydrogens (tertiary/aromatic N) is 1. The van der Waals surface area contributed by atoms with Crippen molar-refractivity contribution in [3.63, 3.8) is 0 Å². The fourth-order valence-electron chi connectivity index (χ4n) is 3.46. The molecule has 1 aromatic carbocycles. The van der Waals surface area contributed by atoms with E-state index in [1.807, 2.05) is 0 Å². The zero-order chi connectivity index (χ0) is 17.7. The fourth-order valence-corrected chi connectivity index (χ4v) is 4.92. The van der Waals surface area contributed by atoms with E-state index < -0.39 is 10.0 Å². The van der Waals surface area contributed by atoms with E-state index in [2.05, 4.69) is 5.32 Å². The minimum Gasteiger partial charge on any atom is -0.379 e. The summed E-state index contributed by atoms with van der Waals surface area (Å²) in [6.07, 6.45) is 6.06. The van der Waals surface area contributed by atoms with Gasteiger partial charge in [0.1, 0.15) is 0 Å². The number of nitrogens with one attached hydrogen (secondary N) is 1. The molecule has 0 radical (unpaired) electrons. The highest BCUT2D eigenvalue weighted by atomic mass is 32.2. The van der Waals surface area contributed by atoms with Crippen molar-refractivity contribution in [2.75, 3.05) is 32.8 Å². The molecular formula is C18H26N2O4S. The molecule has 0 bridgehead atoms. The quantitative estimate of drug-likeness (QED) is 0.865. The summed E-state index contributed by atoms with van der Waals surface area (Å²) in [5.41, 5.74) is 0.394. The maximum absolute atomic E-state index is 12.7. The predicted octanol–water partition coefficient (Wildman–Crippen LogP) is 2.02. The molecule has 0 unspecified atom stereocenters. The molecule has 7 heteroatoms. The minimum absolute atomic E-state index is 0.166. The van der Waals surface area contributed by atoms with E-state index in [-0.39, 0.29) is 10.8 Å². The Morgan fingerprint density at radius 1 is 1.16 bits per heavy atom. The molecule has 3 rings (SSSR count). The molecule has 6 nitrogen and oxygen atoms in total. The molecule has 1 saturated heterocycles. The number of carbonyl (C=O) groups is 1. The molecule has 0 spiro atoms. The van der Waals surface area contributed by atoms with Gasteiger partial charge in [0, 0.05) is 25.2 Å². The highest BCUT2D eigenvalue weighted by Crippen LogP contribution is 2.23. The number of ether oxygens (including phenoxy) is 1. The predicted molar refractivity (Wildman–Crippen MR) is 94.9 cm³/mol. The second kappa shape index (κ2) is 8.29. The van der Waals surface area contributed by atoms with Crippen molar-refractivity contribution in [1.29, 1.82) is 0 Å². The summed E-state index contributed by atoms with van der Waals surface area (Å²) < 4.78 is 32.0. The summed E-state index contributed by atoms with van der Waals surface area (Å²) in [4.78, 5) is 12.6. The van der Waals surface area contributed by atoms with Crippen LogP contribution in [0.3, 0.4) is 0 Å². The highest BCUT2D eigenvalue weighted by Gasteiger charge is 2.27. The molecule has 0 aromatic heterocycles. The second-order valence-electron chi connectivity index (χ2n) is 6.76. The van der Waals surface area contributed by atoms with Gasteiger partial charge in [0.25, 0.3) is 5.91 Å². The van der Waals surface area contributed by atoms with E-state index in [1.54, 1.807) is 18.2 Å². The standard InChI is InChI=1S/C18H26N2O4S/c21-18(19-14-15-5-2-1-3-6-15)16-7-4-8-17(13-16)25(22,23)20-9-11-24-12-10-20/h4,7-8,13,15H,1-3,5-6,9-12,14H2,(H,19,21). The van der Waals surface area contributed by atoms with Gasteiger partial charge in [0.05, 0.1) is 18.1 Å². The Morgan fingerprint density at radius 2 is 1.88 bits per heavy atom. The zero-order valence-electron chi connectivity index (χ0n) is 14.4. The lowest BCUT2D eigenvalue weighted by molar-refractivity contribution is 0.0730. The third-order valence-electron chi connectivity index (χ3n) is 4.98. The smallest absolute Gasteiger partial charge is 0.251 e. The maximum atomic E-state index is 12.7. The van der Waals surface area contributed by atoms with E-state index in [9.17, 15) is 13.2 Å². The van der Waals surface area contributed by atoms with E-state index in [0.29, 0.717) is 44.3 Å². The molecule has 2 fully saturated rings. The summed E-state index contributed by atoms with van der Waals surface area (Å²) in [6, 6.07) is 6.31. The van der Waals surface area contributed by atoms with E-state index >= 15 is 0 Å². The molecule has 138 valence electrons. The van der Waals surface area contributed by atoms with Crippen LogP contribution in [0.1, 0.15) is 42.5 Å². The summed E-state index contributed by atoms with van der Waals surface area (Å²) >= 11 is 0. The highest BCUT2D eigenvalue weighted by molar-refractivity contribution is 7.89. The van der Waals surface area contributed by atoms with E-state index in [4.69, 9.17) is 4.74 Å². The normalized spacial score (nSPS) is 20.3. The molecule has 0 atom stereocenters. The first kappa shape index (κ1) is 18.4. The van der Waals surface area contributed by atoms with Crippen molar-refractivity contribution < 1.29 is 17.9 Å². The summed E-state index contributed by atoms with van der Waals surface area (Å²) in [7, 11) is -3.58. The van der Waals surface area contributed by atoms with Crippen LogP contribution in [-0.4, -0.2) is 51.5 Å². The van der Waals surface area contributed by atoms with Crippen LogP contribution in [0.2, 0.25) is 0 Å². The van der Waals surface area contributed by atoms with Gasteiger partial charge in [-0.2, -0.15) is 4.31 Å². The Balaban J connectivity index is 1.66. The van der Waals surface area contributed by atoms with Crippen LogP contribution >= 0.6 is 0 Å². The number of benzene rings is 1. The Morgan fingerprint density at radius 3 is 2.60 bits per heavy atom. The van der Waals surface area contributed by atoms with Crippen molar-refractivity contribution in [2.45, 2.75) is 37.0 Å². The molecule has 2 aliphatic rings. The molecule has 1 aliphatic carbocycles. The average molecular weight is 366 g/mol. The lowest BCUT2D eigenvalue weighted by Crippen LogP contribution is -2.40. The van der Waals surface area contributed by atoms with E-state index in [1.165, 1.54) is 29.6 Å². The Labute approximate surface area is 149 Å². The van der Waals surface area contributed by atoms with Crippen molar-refractivity contribution in [3.8, 4) is 0 Å².